The molecule has 0 saturated heterocycles. The Morgan fingerprint density at radius 1 is 1.10 bits per heavy atom. The van der Waals surface area contributed by atoms with Crippen molar-refractivity contribution in [1.29, 1.82) is 0 Å². The second-order valence-electron chi connectivity index (χ2n) is 7.52. The van der Waals surface area contributed by atoms with Crippen molar-refractivity contribution in [1.82, 2.24) is 29.1 Å². The maximum atomic E-state index is 14.3. The molecule has 0 aliphatic rings. The molecule has 6 nitrogen and oxygen atoms in total. The first-order valence-corrected chi connectivity index (χ1v) is 10.5. The second-order valence-corrected chi connectivity index (χ2v) is 8.46. The number of thioether (sulfide) groups is 1. The van der Waals surface area contributed by atoms with Crippen LogP contribution in [0.2, 0.25) is 0 Å². The minimum atomic E-state index is -0.293. The molecular weight excluding hydrogens is 387 g/mol. The number of hydrogen-bond acceptors (Lipinski definition) is 5. The number of hydrogen-bond donors (Lipinski definition) is 0. The van der Waals surface area contributed by atoms with Gasteiger partial charge in [-0.3, -0.25) is 4.40 Å². The molecule has 1 aromatic carbocycles. The van der Waals surface area contributed by atoms with Gasteiger partial charge in [-0.05, 0) is 38.0 Å². The molecule has 0 amide bonds. The average Bonchev–Trinajstić information content (AvgIpc) is 3.24. The van der Waals surface area contributed by atoms with Crippen molar-refractivity contribution in [2.75, 3.05) is 0 Å². The Kier molecular flexibility index (Phi) is 5.36. The molecule has 0 unspecified atom stereocenters. The molecule has 0 spiro atoms. The topological polar surface area (TPSA) is 60.9 Å². The van der Waals surface area contributed by atoms with Crippen LogP contribution in [-0.4, -0.2) is 29.1 Å². The van der Waals surface area contributed by atoms with Crippen LogP contribution in [0, 0.1) is 25.6 Å². The Balaban J connectivity index is 1.63. The fraction of sp³-hybridized carbons (Fsp3) is 0.333. The lowest BCUT2D eigenvalue weighted by Crippen LogP contribution is -2.08. The molecule has 4 rings (SSSR count). The van der Waals surface area contributed by atoms with Crippen molar-refractivity contribution in [3.05, 3.63) is 59.4 Å². The SMILES string of the molecule is Cc1cc(C)n2cc(CSc3nnc(-c4ccccc4F)n3CC(C)C)nc2n1. The van der Waals surface area contributed by atoms with Gasteiger partial charge in [-0.15, -0.1) is 10.2 Å². The quantitative estimate of drug-likeness (QED) is 0.432. The van der Waals surface area contributed by atoms with Crippen LogP contribution in [0.25, 0.3) is 17.2 Å². The van der Waals surface area contributed by atoms with Gasteiger partial charge in [-0.1, -0.05) is 37.7 Å². The molecule has 150 valence electrons. The van der Waals surface area contributed by atoms with Gasteiger partial charge in [0, 0.05) is 29.9 Å². The highest BCUT2D eigenvalue weighted by Gasteiger charge is 2.18. The van der Waals surface area contributed by atoms with Crippen molar-refractivity contribution >= 4 is 17.5 Å². The molecule has 0 atom stereocenters. The van der Waals surface area contributed by atoms with Crippen molar-refractivity contribution in [2.45, 2.75) is 45.1 Å². The van der Waals surface area contributed by atoms with E-state index in [1.807, 2.05) is 41.1 Å². The molecule has 0 aliphatic carbocycles. The van der Waals surface area contributed by atoms with Gasteiger partial charge in [0.05, 0.1) is 11.3 Å². The van der Waals surface area contributed by atoms with Crippen molar-refractivity contribution in [2.24, 2.45) is 5.92 Å². The molecule has 8 heteroatoms. The molecule has 29 heavy (non-hydrogen) atoms. The summed E-state index contributed by atoms with van der Waals surface area (Å²) in [5.74, 6) is 1.98. The minimum absolute atomic E-state index is 0.293. The minimum Gasteiger partial charge on any atom is -0.302 e. The molecule has 0 bridgehead atoms. The van der Waals surface area contributed by atoms with E-state index >= 15 is 0 Å². The molecule has 3 aromatic heterocycles. The molecule has 0 N–H and O–H groups in total. The Bertz CT molecular complexity index is 1160. The van der Waals surface area contributed by atoms with Crippen LogP contribution in [0.15, 0.2) is 41.7 Å². The summed E-state index contributed by atoms with van der Waals surface area (Å²) in [4.78, 5) is 9.12. The maximum absolute atomic E-state index is 14.3. The summed E-state index contributed by atoms with van der Waals surface area (Å²) in [6.45, 7) is 8.97. The van der Waals surface area contributed by atoms with Crippen LogP contribution in [0.4, 0.5) is 4.39 Å². The summed E-state index contributed by atoms with van der Waals surface area (Å²) < 4.78 is 18.3. The van der Waals surface area contributed by atoms with E-state index in [0.717, 1.165) is 22.2 Å². The van der Waals surface area contributed by atoms with E-state index in [9.17, 15) is 4.39 Å². The summed E-state index contributed by atoms with van der Waals surface area (Å²) in [5, 5.41) is 9.40. The van der Waals surface area contributed by atoms with E-state index in [0.29, 0.717) is 35.4 Å². The van der Waals surface area contributed by atoms with E-state index in [1.165, 1.54) is 6.07 Å². The molecule has 0 saturated carbocycles. The summed E-state index contributed by atoms with van der Waals surface area (Å²) in [7, 11) is 0. The molecule has 3 heterocycles. The standard InChI is InChI=1S/C21H23FN6S/c1-13(2)10-28-19(17-7-5-6-8-18(17)22)25-26-21(28)29-12-16-11-27-15(4)9-14(3)23-20(27)24-16/h5-9,11,13H,10,12H2,1-4H3. The van der Waals surface area contributed by atoms with Gasteiger partial charge in [0.2, 0.25) is 5.78 Å². The van der Waals surface area contributed by atoms with Crippen LogP contribution in [0.5, 0.6) is 0 Å². The lowest BCUT2D eigenvalue weighted by atomic mass is 10.2. The Morgan fingerprint density at radius 3 is 2.66 bits per heavy atom. The lowest BCUT2D eigenvalue weighted by Gasteiger charge is -2.12. The third kappa shape index (κ3) is 4.03. The van der Waals surface area contributed by atoms with Crippen LogP contribution < -0.4 is 0 Å². The first-order chi connectivity index (χ1) is 13.9. The molecular formula is C21H23FN6S. The summed E-state index contributed by atoms with van der Waals surface area (Å²) in [6.07, 6.45) is 2.00. The summed E-state index contributed by atoms with van der Waals surface area (Å²) in [6, 6.07) is 8.71. The molecule has 0 radical (unpaired) electrons. The highest BCUT2D eigenvalue weighted by Crippen LogP contribution is 2.28. The lowest BCUT2D eigenvalue weighted by molar-refractivity contribution is 0.496. The van der Waals surface area contributed by atoms with Crippen molar-refractivity contribution in [3.63, 3.8) is 0 Å². The van der Waals surface area contributed by atoms with E-state index in [1.54, 1.807) is 23.9 Å². The Hall–Kier alpha value is -2.74. The highest BCUT2D eigenvalue weighted by atomic mass is 32.2. The summed E-state index contributed by atoms with van der Waals surface area (Å²) >= 11 is 1.55. The predicted molar refractivity (Wildman–Crippen MR) is 112 cm³/mol. The van der Waals surface area contributed by atoms with Crippen LogP contribution in [0.1, 0.15) is 30.9 Å². The van der Waals surface area contributed by atoms with E-state index in [2.05, 4.69) is 34.0 Å². The van der Waals surface area contributed by atoms with Gasteiger partial charge in [0.1, 0.15) is 5.82 Å². The smallest absolute Gasteiger partial charge is 0.234 e. The van der Waals surface area contributed by atoms with Gasteiger partial charge in [-0.2, -0.15) is 0 Å². The fourth-order valence-electron chi connectivity index (χ4n) is 3.29. The second kappa shape index (κ2) is 7.94. The number of fused-ring (bicyclic) bond motifs is 1. The summed E-state index contributed by atoms with van der Waals surface area (Å²) in [5.41, 5.74) is 3.44. The van der Waals surface area contributed by atoms with Gasteiger partial charge >= 0.3 is 0 Å². The van der Waals surface area contributed by atoms with Crippen molar-refractivity contribution < 1.29 is 4.39 Å². The number of aryl methyl sites for hydroxylation is 2. The largest absolute Gasteiger partial charge is 0.302 e. The third-order valence-electron chi connectivity index (χ3n) is 4.54. The van der Waals surface area contributed by atoms with E-state index in [-0.39, 0.29) is 5.82 Å². The average molecular weight is 411 g/mol. The third-order valence-corrected chi connectivity index (χ3v) is 5.54. The Labute approximate surface area is 173 Å². The first kappa shape index (κ1) is 19.6. The zero-order valence-corrected chi connectivity index (χ0v) is 17.7. The van der Waals surface area contributed by atoms with Crippen LogP contribution in [0.3, 0.4) is 0 Å². The zero-order chi connectivity index (χ0) is 20.5. The van der Waals surface area contributed by atoms with Gasteiger partial charge in [-0.25, -0.2) is 14.4 Å². The molecule has 4 aromatic rings. The highest BCUT2D eigenvalue weighted by molar-refractivity contribution is 7.98. The van der Waals surface area contributed by atoms with Crippen LogP contribution >= 0.6 is 11.8 Å². The number of rotatable bonds is 6. The van der Waals surface area contributed by atoms with Gasteiger partial charge in [0.15, 0.2) is 11.0 Å². The maximum Gasteiger partial charge on any atom is 0.234 e. The molecule has 0 fully saturated rings. The fourth-order valence-corrected chi connectivity index (χ4v) is 4.12. The predicted octanol–water partition coefficient (Wildman–Crippen LogP) is 4.69. The number of imidazole rings is 1. The number of nitrogens with zero attached hydrogens (tertiary/aromatic N) is 6. The number of aromatic nitrogens is 6. The first-order valence-electron chi connectivity index (χ1n) is 9.55. The Morgan fingerprint density at radius 2 is 1.90 bits per heavy atom. The van der Waals surface area contributed by atoms with Gasteiger partial charge in [0.25, 0.3) is 0 Å². The van der Waals surface area contributed by atoms with Crippen molar-refractivity contribution in [3.8, 4) is 11.4 Å². The normalized spacial score (nSPS) is 11.7. The number of halogens is 1. The number of benzene rings is 1. The van der Waals surface area contributed by atoms with Crippen LogP contribution in [-0.2, 0) is 12.3 Å². The van der Waals surface area contributed by atoms with Gasteiger partial charge < -0.3 is 4.57 Å². The molecule has 0 aliphatic heterocycles. The monoisotopic (exact) mass is 410 g/mol. The zero-order valence-electron chi connectivity index (χ0n) is 16.9. The van der Waals surface area contributed by atoms with E-state index < -0.39 is 0 Å². The van der Waals surface area contributed by atoms with E-state index in [4.69, 9.17) is 0 Å².